The van der Waals surface area contributed by atoms with Crippen LogP contribution in [0.15, 0.2) is 42.6 Å². The number of pyridine rings is 1. The van der Waals surface area contributed by atoms with E-state index in [4.69, 9.17) is 9.72 Å². The number of fused-ring (bicyclic) bond motifs is 1. The smallest absolute Gasteiger partial charge is 0.142 e. The minimum atomic E-state index is -0.0729. The van der Waals surface area contributed by atoms with E-state index in [9.17, 15) is 0 Å². The summed E-state index contributed by atoms with van der Waals surface area (Å²) in [6, 6.07) is 12.1. The Morgan fingerprint density at radius 1 is 1.09 bits per heavy atom. The fourth-order valence-electron chi connectivity index (χ4n) is 2.71. The Kier molecular flexibility index (Phi) is 3.76. The van der Waals surface area contributed by atoms with Crippen molar-refractivity contribution in [2.75, 3.05) is 12.4 Å². The van der Waals surface area contributed by atoms with E-state index in [1.165, 1.54) is 0 Å². The van der Waals surface area contributed by atoms with Crippen molar-refractivity contribution in [1.29, 1.82) is 0 Å². The Bertz CT molecular complexity index is 843. The fourth-order valence-corrected chi connectivity index (χ4v) is 2.71. The van der Waals surface area contributed by atoms with Crippen molar-refractivity contribution < 1.29 is 4.74 Å². The highest BCUT2D eigenvalue weighted by Crippen LogP contribution is 2.36. The number of aryl methyl sites for hydroxylation is 1. The number of aromatic nitrogens is 2. The summed E-state index contributed by atoms with van der Waals surface area (Å²) in [4.78, 5) is 4.90. The number of methoxy groups -OCH3 is 1. The van der Waals surface area contributed by atoms with Gasteiger partial charge in [0, 0.05) is 17.3 Å². The van der Waals surface area contributed by atoms with Gasteiger partial charge in [-0.05, 0) is 51.5 Å². The Labute approximate surface area is 137 Å². The highest BCUT2D eigenvalue weighted by Gasteiger charge is 2.21. The lowest BCUT2D eigenvalue weighted by Gasteiger charge is -2.23. The van der Waals surface area contributed by atoms with Gasteiger partial charge < -0.3 is 10.1 Å². The maximum absolute atomic E-state index is 5.53. The molecule has 4 nitrogen and oxygen atoms in total. The average molecular weight is 309 g/mol. The maximum Gasteiger partial charge on any atom is 0.142 e. The van der Waals surface area contributed by atoms with E-state index >= 15 is 0 Å². The molecule has 0 aliphatic rings. The number of nitrogens with one attached hydrogen (secondary N) is 1. The van der Waals surface area contributed by atoms with Crippen molar-refractivity contribution in [2.45, 2.75) is 33.2 Å². The monoisotopic (exact) mass is 309 g/mol. The Morgan fingerprint density at radius 2 is 1.83 bits per heavy atom. The molecule has 2 heterocycles. The van der Waals surface area contributed by atoms with Crippen molar-refractivity contribution in [2.24, 2.45) is 0 Å². The van der Waals surface area contributed by atoms with E-state index in [1.807, 2.05) is 36.5 Å². The molecule has 0 unspecified atom stereocenters. The zero-order valence-corrected chi connectivity index (χ0v) is 14.3. The summed E-state index contributed by atoms with van der Waals surface area (Å²) < 4.78 is 7.65. The highest BCUT2D eigenvalue weighted by atomic mass is 16.5. The zero-order valence-electron chi connectivity index (χ0n) is 14.3. The largest absolute Gasteiger partial charge is 0.496 e. The van der Waals surface area contributed by atoms with Crippen LogP contribution in [-0.4, -0.2) is 22.0 Å². The summed E-state index contributed by atoms with van der Waals surface area (Å²) in [7, 11) is 1.69. The summed E-state index contributed by atoms with van der Waals surface area (Å²) >= 11 is 0. The number of hydrogen-bond donors (Lipinski definition) is 1. The quantitative estimate of drug-likeness (QED) is 0.772. The second-order valence-electron chi connectivity index (χ2n) is 6.77. The molecule has 0 radical (unpaired) electrons. The molecule has 1 N–H and O–H groups in total. The normalized spacial score (nSPS) is 11.7. The topological polar surface area (TPSA) is 38.6 Å². The minimum Gasteiger partial charge on any atom is -0.496 e. The number of ether oxygens (including phenoxy) is 1. The molecule has 0 fully saturated rings. The SMILES string of the molecule is COc1ccccc1-c1nc2c(C)cccn2c1NC(C)(C)C. The number of anilines is 1. The molecule has 0 bridgehead atoms. The molecule has 120 valence electrons. The molecule has 3 rings (SSSR count). The maximum atomic E-state index is 5.53. The summed E-state index contributed by atoms with van der Waals surface area (Å²) in [5.41, 5.74) is 3.93. The lowest BCUT2D eigenvalue weighted by atomic mass is 10.1. The summed E-state index contributed by atoms with van der Waals surface area (Å²) in [6.45, 7) is 8.52. The van der Waals surface area contributed by atoms with Crippen LogP contribution in [0.25, 0.3) is 16.9 Å². The van der Waals surface area contributed by atoms with Gasteiger partial charge in [-0.15, -0.1) is 0 Å². The first-order valence-electron chi connectivity index (χ1n) is 7.80. The van der Waals surface area contributed by atoms with Gasteiger partial charge in [0.25, 0.3) is 0 Å². The fraction of sp³-hybridized carbons (Fsp3) is 0.316. The van der Waals surface area contributed by atoms with Gasteiger partial charge in [0.05, 0.1) is 7.11 Å². The molecular formula is C19H23N3O. The first kappa shape index (κ1) is 15.4. The van der Waals surface area contributed by atoms with E-state index in [1.54, 1.807) is 7.11 Å². The molecule has 23 heavy (non-hydrogen) atoms. The van der Waals surface area contributed by atoms with Crippen LogP contribution in [-0.2, 0) is 0 Å². The predicted molar refractivity (Wildman–Crippen MR) is 95.3 cm³/mol. The van der Waals surface area contributed by atoms with E-state index in [0.29, 0.717) is 0 Å². The van der Waals surface area contributed by atoms with Gasteiger partial charge in [-0.1, -0.05) is 18.2 Å². The van der Waals surface area contributed by atoms with Gasteiger partial charge in [0.15, 0.2) is 0 Å². The molecule has 0 amide bonds. The number of benzene rings is 1. The third kappa shape index (κ3) is 2.89. The van der Waals surface area contributed by atoms with Crippen LogP contribution in [0.4, 0.5) is 5.82 Å². The van der Waals surface area contributed by atoms with Crippen LogP contribution < -0.4 is 10.1 Å². The molecule has 0 spiro atoms. The van der Waals surface area contributed by atoms with Crippen LogP contribution in [0.3, 0.4) is 0 Å². The lowest BCUT2D eigenvalue weighted by Crippen LogP contribution is -2.27. The molecular weight excluding hydrogens is 286 g/mol. The lowest BCUT2D eigenvalue weighted by molar-refractivity contribution is 0.416. The van der Waals surface area contributed by atoms with Crippen molar-refractivity contribution in [3.63, 3.8) is 0 Å². The van der Waals surface area contributed by atoms with E-state index in [-0.39, 0.29) is 5.54 Å². The van der Waals surface area contributed by atoms with Gasteiger partial charge in [-0.3, -0.25) is 4.40 Å². The molecule has 0 saturated heterocycles. The molecule has 4 heteroatoms. The standard InChI is InChI=1S/C19H23N3O/c1-13-9-8-12-22-17(13)20-16(18(22)21-19(2,3)4)14-10-6-7-11-15(14)23-5/h6-12,21H,1-5H3. The van der Waals surface area contributed by atoms with E-state index in [2.05, 4.69) is 43.5 Å². The Balaban J connectivity index is 2.31. The summed E-state index contributed by atoms with van der Waals surface area (Å²) in [5.74, 6) is 1.81. The summed E-state index contributed by atoms with van der Waals surface area (Å²) in [5, 5.41) is 3.59. The van der Waals surface area contributed by atoms with Crippen molar-refractivity contribution in [3.8, 4) is 17.0 Å². The van der Waals surface area contributed by atoms with Crippen LogP contribution in [0, 0.1) is 6.92 Å². The second-order valence-corrected chi connectivity index (χ2v) is 6.77. The Morgan fingerprint density at radius 3 is 2.52 bits per heavy atom. The molecule has 0 saturated carbocycles. The number of para-hydroxylation sites is 1. The second kappa shape index (κ2) is 5.61. The van der Waals surface area contributed by atoms with E-state index in [0.717, 1.165) is 34.0 Å². The summed E-state index contributed by atoms with van der Waals surface area (Å²) in [6.07, 6.45) is 2.04. The van der Waals surface area contributed by atoms with Crippen molar-refractivity contribution in [1.82, 2.24) is 9.38 Å². The van der Waals surface area contributed by atoms with Gasteiger partial charge in [-0.25, -0.2) is 4.98 Å². The number of rotatable bonds is 3. The molecule has 1 aromatic carbocycles. The average Bonchev–Trinajstić information content (AvgIpc) is 2.85. The van der Waals surface area contributed by atoms with Crippen LogP contribution in [0.1, 0.15) is 26.3 Å². The van der Waals surface area contributed by atoms with Crippen molar-refractivity contribution in [3.05, 3.63) is 48.2 Å². The minimum absolute atomic E-state index is 0.0729. The zero-order chi connectivity index (χ0) is 16.6. The third-order valence-electron chi connectivity index (χ3n) is 3.70. The predicted octanol–water partition coefficient (Wildman–Crippen LogP) is 4.53. The first-order valence-corrected chi connectivity index (χ1v) is 7.80. The van der Waals surface area contributed by atoms with Gasteiger partial charge in [0.2, 0.25) is 0 Å². The number of imidazole rings is 1. The molecule has 0 aliphatic carbocycles. The van der Waals surface area contributed by atoms with E-state index < -0.39 is 0 Å². The number of hydrogen-bond acceptors (Lipinski definition) is 3. The molecule has 3 aromatic rings. The highest BCUT2D eigenvalue weighted by molar-refractivity contribution is 5.81. The van der Waals surface area contributed by atoms with Gasteiger partial charge in [0.1, 0.15) is 22.9 Å². The Hall–Kier alpha value is -2.49. The first-order chi connectivity index (χ1) is 10.9. The van der Waals surface area contributed by atoms with Crippen LogP contribution >= 0.6 is 0 Å². The molecule has 2 aromatic heterocycles. The van der Waals surface area contributed by atoms with Crippen LogP contribution in [0.2, 0.25) is 0 Å². The van der Waals surface area contributed by atoms with Gasteiger partial charge >= 0.3 is 0 Å². The van der Waals surface area contributed by atoms with Gasteiger partial charge in [-0.2, -0.15) is 0 Å². The van der Waals surface area contributed by atoms with Crippen molar-refractivity contribution >= 4 is 11.5 Å². The molecule has 0 aliphatic heterocycles. The molecule has 0 atom stereocenters. The number of nitrogens with zero attached hydrogens (tertiary/aromatic N) is 2. The third-order valence-corrected chi connectivity index (χ3v) is 3.70. The van der Waals surface area contributed by atoms with Crippen LogP contribution in [0.5, 0.6) is 5.75 Å².